The molecule has 0 aliphatic carbocycles. The highest BCUT2D eigenvalue weighted by atomic mass is 35.5. The van der Waals surface area contributed by atoms with Crippen molar-refractivity contribution >= 4 is 24.8 Å². The Kier molecular flexibility index (Phi) is 13.9. The van der Waals surface area contributed by atoms with Gasteiger partial charge in [0.2, 0.25) is 0 Å². The van der Waals surface area contributed by atoms with Gasteiger partial charge in [-0.3, -0.25) is 9.80 Å². The first-order valence-electron chi connectivity index (χ1n) is 6.47. The Labute approximate surface area is 128 Å². The first-order chi connectivity index (χ1) is 8.11. The molecule has 0 bridgehead atoms. The third-order valence-electron chi connectivity index (χ3n) is 2.97. The summed E-state index contributed by atoms with van der Waals surface area (Å²) in [6, 6.07) is 0. The number of β-amino-alcohol motifs (C(OH)–C–C–N with tert-alkyl or cyclic N) is 2. The lowest BCUT2D eigenvalue weighted by molar-refractivity contribution is -0.0150. The average Bonchev–Trinajstić information content (AvgIpc) is 2.29. The summed E-state index contributed by atoms with van der Waals surface area (Å²) in [5.74, 6) is 0. The molecule has 0 spiro atoms. The van der Waals surface area contributed by atoms with Crippen molar-refractivity contribution in [2.24, 2.45) is 0 Å². The van der Waals surface area contributed by atoms with Crippen LogP contribution in [0.15, 0.2) is 0 Å². The minimum absolute atomic E-state index is 0. The van der Waals surface area contributed by atoms with E-state index >= 15 is 0 Å². The van der Waals surface area contributed by atoms with E-state index in [1.807, 2.05) is 13.8 Å². The molecule has 1 saturated heterocycles. The predicted molar refractivity (Wildman–Crippen MR) is 81.6 cm³/mol. The summed E-state index contributed by atoms with van der Waals surface area (Å²) in [5.41, 5.74) is 0. The van der Waals surface area contributed by atoms with Gasteiger partial charge in [0.1, 0.15) is 0 Å². The molecule has 2 N–H and O–H groups in total. The van der Waals surface area contributed by atoms with Crippen LogP contribution in [0.1, 0.15) is 13.8 Å². The summed E-state index contributed by atoms with van der Waals surface area (Å²) in [4.78, 5) is 4.50. The van der Waals surface area contributed by atoms with Crippen LogP contribution < -0.4 is 0 Å². The van der Waals surface area contributed by atoms with E-state index in [-0.39, 0.29) is 37.5 Å². The summed E-state index contributed by atoms with van der Waals surface area (Å²) in [6.07, 6.45) is -0.229. The van der Waals surface area contributed by atoms with Crippen molar-refractivity contribution in [2.75, 3.05) is 52.5 Å². The van der Waals surface area contributed by atoms with Crippen LogP contribution in [0.4, 0.5) is 0 Å². The van der Waals surface area contributed by atoms with Crippen molar-refractivity contribution in [3.05, 3.63) is 0 Å². The van der Waals surface area contributed by atoms with E-state index < -0.39 is 6.10 Å². The summed E-state index contributed by atoms with van der Waals surface area (Å²) in [6.45, 7) is 9.88. The number of nitrogens with zero attached hydrogens (tertiary/aromatic N) is 2. The molecule has 0 aromatic heterocycles. The second-order valence-corrected chi connectivity index (χ2v) is 4.90. The van der Waals surface area contributed by atoms with Crippen LogP contribution in [0.3, 0.4) is 0 Å². The number of ether oxygens (including phenoxy) is 1. The second-order valence-electron chi connectivity index (χ2n) is 4.90. The van der Waals surface area contributed by atoms with Gasteiger partial charge in [-0.05, 0) is 13.8 Å². The van der Waals surface area contributed by atoms with E-state index in [0.29, 0.717) is 13.2 Å². The van der Waals surface area contributed by atoms with Gasteiger partial charge in [0.05, 0.1) is 25.4 Å². The molecule has 0 aromatic rings. The molecule has 5 nitrogen and oxygen atoms in total. The standard InChI is InChI=1S/C12H26N2O3.2ClH/c1-11(2)17-10-12(16)9-14-5-3-13(4-6-14)7-8-15;;/h11-12,15-16H,3-10H2,1-2H3;2*1H. The van der Waals surface area contributed by atoms with Gasteiger partial charge in [-0.15, -0.1) is 24.8 Å². The summed E-state index contributed by atoms with van der Waals surface area (Å²) < 4.78 is 5.38. The molecular formula is C12H28Cl2N2O3. The van der Waals surface area contributed by atoms with Crippen molar-refractivity contribution in [2.45, 2.75) is 26.1 Å². The lowest BCUT2D eigenvalue weighted by Crippen LogP contribution is -2.49. The van der Waals surface area contributed by atoms with E-state index in [0.717, 1.165) is 32.7 Å². The summed E-state index contributed by atoms with van der Waals surface area (Å²) >= 11 is 0. The molecule has 19 heavy (non-hydrogen) atoms. The Morgan fingerprint density at radius 1 is 1.05 bits per heavy atom. The number of halogens is 2. The van der Waals surface area contributed by atoms with Crippen molar-refractivity contribution < 1.29 is 14.9 Å². The molecule has 118 valence electrons. The van der Waals surface area contributed by atoms with Crippen LogP contribution in [0.25, 0.3) is 0 Å². The Balaban J connectivity index is 0. The van der Waals surface area contributed by atoms with Gasteiger partial charge < -0.3 is 14.9 Å². The first-order valence-corrected chi connectivity index (χ1v) is 6.47. The van der Waals surface area contributed by atoms with Gasteiger partial charge in [-0.25, -0.2) is 0 Å². The third-order valence-corrected chi connectivity index (χ3v) is 2.97. The number of aliphatic hydroxyl groups excluding tert-OH is 2. The Hall–Kier alpha value is 0.380. The van der Waals surface area contributed by atoms with E-state index in [1.54, 1.807) is 0 Å². The zero-order valence-corrected chi connectivity index (χ0v) is 13.5. The number of hydrogen-bond acceptors (Lipinski definition) is 5. The van der Waals surface area contributed by atoms with Crippen LogP contribution in [0, 0.1) is 0 Å². The van der Waals surface area contributed by atoms with Crippen LogP contribution in [-0.2, 0) is 4.74 Å². The Bertz CT molecular complexity index is 203. The van der Waals surface area contributed by atoms with Crippen molar-refractivity contribution in [3.8, 4) is 0 Å². The van der Waals surface area contributed by atoms with Crippen LogP contribution in [0.5, 0.6) is 0 Å². The molecule has 1 aliphatic heterocycles. The SMILES string of the molecule is CC(C)OCC(O)CN1CCN(CCO)CC1.Cl.Cl. The molecular weight excluding hydrogens is 291 g/mol. The average molecular weight is 319 g/mol. The minimum atomic E-state index is -0.401. The van der Waals surface area contributed by atoms with E-state index in [9.17, 15) is 5.11 Å². The van der Waals surface area contributed by atoms with Crippen LogP contribution >= 0.6 is 24.8 Å². The van der Waals surface area contributed by atoms with Gasteiger partial charge in [-0.1, -0.05) is 0 Å². The fraction of sp³-hybridized carbons (Fsp3) is 1.00. The monoisotopic (exact) mass is 318 g/mol. The zero-order chi connectivity index (χ0) is 12.7. The van der Waals surface area contributed by atoms with Gasteiger partial charge in [0.15, 0.2) is 0 Å². The summed E-state index contributed by atoms with van der Waals surface area (Å²) in [5, 5.41) is 18.6. The molecule has 1 atom stereocenters. The normalized spacial score (nSPS) is 18.8. The maximum Gasteiger partial charge on any atom is 0.0900 e. The van der Waals surface area contributed by atoms with Gasteiger partial charge >= 0.3 is 0 Å². The van der Waals surface area contributed by atoms with Crippen LogP contribution in [-0.4, -0.2) is 84.7 Å². The number of hydrogen-bond donors (Lipinski definition) is 2. The van der Waals surface area contributed by atoms with Crippen molar-refractivity contribution in [1.29, 1.82) is 0 Å². The maximum atomic E-state index is 9.80. The van der Waals surface area contributed by atoms with E-state index in [2.05, 4.69) is 9.80 Å². The predicted octanol–water partition coefficient (Wildman–Crippen LogP) is 0.226. The highest BCUT2D eigenvalue weighted by Crippen LogP contribution is 2.03. The topological polar surface area (TPSA) is 56.2 Å². The lowest BCUT2D eigenvalue weighted by atomic mass is 10.2. The fourth-order valence-electron chi connectivity index (χ4n) is 1.99. The Morgan fingerprint density at radius 2 is 1.58 bits per heavy atom. The second kappa shape index (κ2) is 12.1. The van der Waals surface area contributed by atoms with Crippen LogP contribution in [0.2, 0.25) is 0 Å². The fourth-order valence-corrected chi connectivity index (χ4v) is 1.99. The molecule has 7 heteroatoms. The molecule has 1 fully saturated rings. The van der Waals surface area contributed by atoms with Gasteiger partial charge in [0, 0.05) is 39.3 Å². The Morgan fingerprint density at radius 3 is 2.05 bits per heavy atom. The molecule has 1 aliphatic rings. The number of rotatable bonds is 7. The zero-order valence-electron chi connectivity index (χ0n) is 11.8. The number of aliphatic hydroxyl groups is 2. The molecule has 0 aromatic carbocycles. The maximum absolute atomic E-state index is 9.80. The van der Waals surface area contributed by atoms with E-state index in [4.69, 9.17) is 9.84 Å². The molecule has 1 unspecified atom stereocenters. The highest BCUT2D eigenvalue weighted by Gasteiger charge is 2.18. The lowest BCUT2D eigenvalue weighted by Gasteiger charge is -2.35. The minimum Gasteiger partial charge on any atom is -0.395 e. The molecule has 1 rings (SSSR count). The van der Waals surface area contributed by atoms with Gasteiger partial charge in [0.25, 0.3) is 0 Å². The molecule has 0 amide bonds. The smallest absolute Gasteiger partial charge is 0.0900 e. The third kappa shape index (κ3) is 9.85. The highest BCUT2D eigenvalue weighted by molar-refractivity contribution is 5.85. The molecule has 1 heterocycles. The first kappa shape index (κ1) is 21.7. The molecule has 0 saturated carbocycles. The quantitative estimate of drug-likeness (QED) is 0.703. The van der Waals surface area contributed by atoms with Crippen molar-refractivity contribution in [3.63, 3.8) is 0 Å². The van der Waals surface area contributed by atoms with E-state index in [1.165, 1.54) is 0 Å². The summed E-state index contributed by atoms with van der Waals surface area (Å²) in [7, 11) is 0. The van der Waals surface area contributed by atoms with Crippen molar-refractivity contribution in [1.82, 2.24) is 9.80 Å². The van der Waals surface area contributed by atoms with Gasteiger partial charge in [-0.2, -0.15) is 0 Å². The largest absolute Gasteiger partial charge is 0.395 e. The number of piperazine rings is 1. The molecule has 0 radical (unpaired) electrons.